The molecule has 0 aromatic heterocycles. The summed E-state index contributed by atoms with van der Waals surface area (Å²) in [6.45, 7) is 12.4. The van der Waals surface area contributed by atoms with E-state index in [1.807, 2.05) is 0 Å². The lowest BCUT2D eigenvalue weighted by Gasteiger charge is -2.31. The zero-order valence-corrected chi connectivity index (χ0v) is 24.0. The van der Waals surface area contributed by atoms with Crippen LogP contribution in [0.4, 0.5) is 0 Å². The Kier molecular flexibility index (Phi) is 10.8. The Morgan fingerprint density at radius 3 is 2.56 bits per heavy atom. The molecule has 1 fully saturated rings. The summed E-state index contributed by atoms with van der Waals surface area (Å²) < 4.78 is 1.31. The quantitative estimate of drug-likeness (QED) is 0.192. The Balaban J connectivity index is 1.51. The van der Waals surface area contributed by atoms with Gasteiger partial charge in [0.05, 0.1) is 0 Å². The first-order valence-electron chi connectivity index (χ1n) is 13.3. The SMILES string of the molecule is C=C(CC[C@H](C)CC1CCC(c2cccc(/C(C)=C/c3ccccc3I)c2)CC1)N(C)CCC. The average molecular weight is 570 g/mol. The highest BCUT2D eigenvalue weighted by atomic mass is 127. The van der Waals surface area contributed by atoms with Gasteiger partial charge in [-0.25, -0.2) is 0 Å². The van der Waals surface area contributed by atoms with E-state index in [2.05, 4.69) is 116 Å². The van der Waals surface area contributed by atoms with Gasteiger partial charge in [0.25, 0.3) is 0 Å². The van der Waals surface area contributed by atoms with Crippen molar-refractivity contribution in [2.45, 2.75) is 78.1 Å². The van der Waals surface area contributed by atoms with Gasteiger partial charge in [-0.15, -0.1) is 0 Å². The zero-order valence-electron chi connectivity index (χ0n) is 21.8. The van der Waals surface area contributed by atoms with Crippen LogP contribution in [-0.4, -0.2) is 18.5 Å². The van der Waals surface area contributed by atoms with Crippen LogP contribution in [0.1, 0.15) is 94.7 Å². The lowest BCUT2D eigenvalue weighted by Crippen LogP contribution is -2.19. The fraction of sp³-hybridized carbons (Fsp3) is 0.500. The molecule has 0 radical (unpaired) electrons. The third-order valence-electron chi connectivity index (χ3n) is 7.70. The highest BCUT2D eigenvalue weighted by Gasteiger charge is 2.24. The van der Waals surface area contributed by atoms with Gasteiger partial charge in [0.15, 0.2) is 0 Å². The fourth-order valence-electron chi connectivity index (χ4n) is 5.46. The number of hydrogen-bond donors (Lipinski definition) is 0. The van der Waals surface area contributed by atoms with E-state index in [-0.39, 0.29) is 0 Å². The second kappa shape index (κ2) is 13.5. The first-order chi connectivity index (χ1) is 16.4. The van der Waals surface area contributed by atoms with Crippen molar-refractivity contribution in [2.24, 2.45) is 11.8 Å². The maximum atomic E-state index is 4.30. The molecule has 0 amide bonds. The molecule has 3 rings (SSSR count). The summed E-state index contributed by atoms with van der Waals surface area (Å²) in [5, 5.41) is 0. The Bertz CT molecular complexity index is 951. The standard InChI is InChI=1S/C32H44IN/c1-6-20-34(5)26(4)15-14-24(2)21-27-16-18-28(19-17-27)30-12-9-11-29(23-30)25(3)22-31-10-7-8-13-32(31)33/h7-13,22-24,27-28H,4,6,14-21H2,1-3,5H3/b25-22+/t24-,27?,28?/m0/s1. The van der Waals surface area contributed by atoms with E-state index >= 15 is 0 Å². The van der Waals surface area contributed by atoms with Gasteiger partial charge in [-0.1, -0.05) is 69.0 Å². The van der Waals surface area contributed by atoms with Crippen LogP contribution < -0.4 is 0 Å². The Labute approximate surface area is 222 Å². The maximum absolute atomic E-state index is 4.30. The van der Waals surface area contributed by atoms with E-state index in [9.17, 15) is 0 Å². The summed E-state index contributed by atoms with van der Waals surface area (Å²) in [5.74, 6) is 2.42. The highest BCUT2D eigenvalue weighted by Crippen LogP contribution is 2.39. The van der Waals surface area contributed by atoms with Crippen LogP contribution in [0.5, 0.6) is 0 Å². The van der Waals surface area contributed by atoms with Crippen molar-refractivity contribution in [1.82, 2.24) is 4.90 Å². The molecule has 1 aliphatic rings. The molecule has 184 valence electrons. The van der Waals surface area contributed by atoms with Gasteiger partial charge in [0.1, 0.15) is 0 Å². The van der Waals surface area contributed by atoms with Gasteiger partial charge in [-0.3, -0.25) is 0 Å². The van der Waals surface area contributed by atoms with Gasteiger partial charge in [0.2, 0.25) is 0 Å². The molecule has 0 spiro atoms. The molecule has 0 saturated heterocycles. The summed E-state index contributed by atoms with van der Waals surface area (Å²) in [6.07, 6.45) is 12.8. The third kappa shape index (κ3) is 8.00. The van der Waals surface area contributed by atoms with Gasteiger partial charge in [-0.2, -0.15) is 0 Å². The molecule has 1 aliphatic carbocycles. The van der Waals surface area contributed by atoms with Crippen LogP contribution in [0, 0.1) is 15.4 Å². The summed E-state index contributed by atoms with van der Waals surface area (Å²) in [6, 6.07) is 17.9. The van der Waals surface area contributed by atoms with E-state index in [1.165, 1.54) is 76.5 Å². The monoisotopic (exact) mass is 569 g/mol. The van der Waals surface area contributed by atoms with Crippen molar-refractivity contribution in [3.05, 3.63) is 81.1 Å². The largest absolute Gasteiger partial charge is 0.378 e. The van der Waals surface area contributed by atoms with Crippen LogP contribution in [-0.2, 0) is 0 Å². The molecule has 0 bridgehead atoms. The van der Waals surface area contributed by atoms with Crippen LogP contribution in [0.2, 0.25) is 0 Å². The molecule has 2 heteroatoms. The molecule has 0 unspecified atom stereocenters. The van der Waals surface area contributed by atoms with E-state index in [4.69, 9.17) is 0 Å². The van der Waals surface area contributed by atoms with Gasteiger partial charge in [-0.05, 0) is 127 Å². The second-order valence-corrected chi connectivity index (χ2v) is 11.7. The minimum atomic E-state index is 0.721. The van der Waals surface area contributed by atoms with Crippen molar-refractivity contribution in [2.75, 3.05) is 13.6 Å². The number of hydrogen-bond acceptors (Lipinski definition) is 1. The second-order valence-electron chi connectivity index (χ2n) is 10.6. The van der Waals surface area contributed by atoms with Crippen LogP contribution >= 0.6 is 22.6 Å². The minimum absolute atomic E-state index is 0.721. The van der Waals surface area contributed by atoms with E-state index in [1.54, 1.807) is 0 Å². The number of halogens is 1. The molecule has 0 heterocycles. The van der Waals surface area contributed by atoms with E-state index in [0.717, 1.165) is 30.7 Å². The number of benzene rings is 2. The Morgan fingerprint density at radius 1 is 1.12 bits per heavy atom. The molecule has 1 nitrogen and oxygen atoms in total. The summed E-state index contributed by atoms with van der Waals surface area (Å²) in [5.41, 5.74) is 6.86. The van der Waals surface area contributed by atoms with Crippen LogP contribution in [0.25, 0.3) is 11.6 Å². The number of allylic oxidation sites excluding steroid dienone is 2. The normalized spacial score (nSPS) is 19.6. The third-order valence-corrected chi connectivity index (χ3v) is 8.68. The first kappa shape index (κ1) is 27.0. The van der Waals surface area contributed by atoms with Crippen molar-refractivity contribution in [1.29, 1.82) is 0 Å². The average Bonchev–Trinajstić information content (AvgIpc) is 2.84. The van der Waals surface area contributed by atoms with Crippen molar-refractivity contribution in [3.63, 3.8) is 0 Å². The van der Waals surface area contributed by atoms with Crippen molar-refractivity contribution >= 4 is 34.2 Å². The Hall–Kier alpha value is -1.55. The number of nitrogens with zero attached hydrogens (tertiary/aromatic N) is 1. The smallest absolute Gasteiger partial charge is 0.0202 e. The molecule has 1 saturated carbocycles. The first-order valence-corrected chi connectivity index (χ1v) is 14.4. The molecule has 34 heavy (non-hydrogen) atoms. The van der Waals surface area contributed by atoms with Crippen LogP contribution in [0.3, 0.4) is 0 Å². The summed E-state index contributed by atoms with van der Waals surface area (Å²) in [7, 11) is 2.19. The van der Waals surface area contributed by atoms with Crippen molar-refractivity contribution < 1.29 is 0 Å². The topological polar surface area (TPSA) is 3.24 Å². The molecule has 2 aromatic rings. The van der Waals surface area contributed by atoms with Gasteiger partial charge >= 0.3 is 0 Å². The highest BCUT2D eigenvalue weighted by molar-refractivity contribution is 14.1. The molecular formula is C32H44IN. The molecule has 2 aromatic carbocycles. The Morgan fingerprint density at radius 2 is 1.85 bits per heavy atom. The summed E-state index contributed by atoms with van der Waals surface area (Å²) in [4.78, 5) is 2.34. The summed E-state index contributed by atoms with van der Waals surface area (Å²) >= 11 is 2.43. The molecular weight excluding hydrogens is 525 g/mol. The van der Waals surface area contributed by atoms with Crippen molar-refractivity contribution in [3.8, 4) is 0 Å². The maximum Gasteiger partial charge on any atom is 0.0202 e. The predicted octanol–water partition coefficient (Wildman–Crippen LogP) is 9.79. The molecule has 0 aliphatic heterocycles. The van der Waals surface area contributed by atoms with Crippen LogP contribution in [0.15, 0.2) is 60.8 Å². The van der Waals surface area contributed by atoms with Gasteiger partial charge in [0, 0.05) is 22.9 Å². The van der Waals surface area contributed by atoms with Gasteiger partial charge < -0.3 is 4.90 Å². The fourth-order valence-corrected chi connectivity index (χ4v) is 6.01. The lowest BCUT2D eigenvalue weighted by molar-refractivity contribution is 0.267. The lowest BCUT2D eigenvalue weighted by atomic mass is 9.75. The van der Waals surface area contributed by atoms with E-state index in [0.29, 0.717) is 0 Å². The minimum Gasteiger partial charge on any atom is -0.378 e. The van der Waals surface area contributed by atoms with E-state index < -0.39 is 0 Å². The number of rotatable bonds is 11. The predicted molar refractivity (Wildman–Crippen MR) is 159 cm³/mol. The molecule has 0 N–H and O–H groups in total. The molecule has 1 atom stereocenters. The zero-order chi connectivity index (χ0) is 24.5.